The number of carbonyl (C=O) groups excluding carboxylic acids is 1. The van der Waals surface area contributed by atoms with Gasteiger partial charge in [0.1, 0.15) is 28.2 Å². The summed E-state index contributed by atoms with van der Waals surface area (Å²) in [7, 11) is 6.97. The van der Waals surface area contributed by atoms with E-state index >= 15 is 0 Å². The molecule has 1 unspecified atom stereocenters. The van der Waals surface area contributed by atoms with Crippen molar-refractivity contribution in [1.82, 2.24) is 24.6 Å². The zero-order valence-corrected chi connectivity index (χ0v) is 18.3. The van der Waals surface area contributed by atoms with Crippen molar-refractivity contribution in [1.29, 1.82) is 0 Å². The molecule has 0 saturated heterocycles. The largest absolute Gasteiger partial charge is 0.497 e. The number of thiophene rings is 1. The van der Waals surface area contributed by atoms with Crippen LogP contribution in [0.25, 0.3) is 10.2 Å². The predicted octanol–water partition coefficient (Wildman–Crippen LogP) is 3.21. The minimum Gasteiger partial charge on any atom is -0.497 e. The molecular weight excluding hydrogens is 402 g/mol. The molecule has 3 heterocycles. The molecule has 30 heavy (non-hydrogen) atoms. The van der Waals surface area contributed by atoms with Crippen LogP contribution in [-0.4, -0.2) is 39.5 Å². The Bertz CT molecular complexity index is 1170. The highest BCUT2D eigenvalue weighted by molar-refractivity contribution is 7.20. The number of imidazole rings is 1. The Balaban J connectivity index is 1.74. The molecule has 0 fully saturated rings. The number of fused-ring (bicyclic) bond motifs is 1. The Labute approximate surface area is 178 Å². The molecule has 0 bridgehead atoms. The molecule has 4 aromatic rings. The molecule has 0 radical (unpaired) electrons. The van der Waals surface area contributed by atoms with Gasteiger partial charge in [-0.25, -0.2) is 4.98 Å². The molecule has 1 atom stereocenters. The summed E-state index contributed by atoms with van der Waals surface area (Å²) in [6, 6.07) is 6.95. The van der Waals surface area contributed by atoms with Gasteiger partial charge in [0.15, 0.2) is 0 Å². The molecule has 1 amide bonds. The molecule has 8 nitrogen and oxygen atoms in total. The van der Waals surface area contributed by atoms with E-state index in [-0.39, 0.29) is 5.91 Å². The normalized spacial score (nSPS) is 12.2. The first-order valence-electron chi connectivity index (χ1n) is 9.35. The van der Waals surface area contributed by atoms with E-state index in [1.54, 1.807) is 31.2 Å². The highest BCUT2D eigenvalue weighted by atomic mass is 32.1. The third-order valence-electron chi connectivity index (χ3n) is 5.02. The Hall–Kier alpha value is -3.33. The molecule has 0 saturated carbocycles. The Morgan fingerprint density at radius 1 is 1.13 bits per heavy atom. The number of amides is 1. The summed E-state index contributed by atoms with van der Waals surface area (Å²) in [5.41, 5.74) is 1.72. The standard InChI is InChI=1S/C21H23N5O3S/c1-12-16-11-17(30-21(16)26(3)24-12)20(27)23-18(19-22-6-7-25(19)2)13-8-14(28-4)10-15(9-13)29-5/h6-11,18H,1-5H3,(H,23,27). The Morgan fingerprint density at radius 2 is 1.83 bits per heavy atom. The van der Waals surface area contributed by atoms with Gasteiger partial charge in [-0.05, 0) is 30.7 Å². The second kappa shape index (κ2) is 7.83. The number of benzene rings is 1. The summed E-state index contributed by atoms with van der Waals surface area (Å²) in [5, 5.41) is 8.53. The molecule has 0 aliphatic heterocycles. The van der Waals surface area contributed by atoms with Crippen LogP contribution < -0.4 is 14.8 Å². The van der Waals surface area contributed by atoms with Crippen molar-refractivity contribution < 1.29 is 14.3 Å². The average molecular weight is 426 g/mol. The third kappa shape index (κ3) is 3.52. The van der Waals surface area contributed by atoms with Gasteiger partial charge in [0, 0.05) is 37.9 Å². The van der Waals surface area contributed by atoms with E-state index in [9.17, 15) is 4.79 Å². The zero-order chi connectivity index (χ0) is 21.4. The fourth-order valence-corrected chi connectivity index (χ4v) is 4.49. The number of aryl methyl sites for hydroxylation is 3. The van der Waals surface area contributed by atoms with Gasteiger partial charge in [-0.1, -0.05) is 0 Å². The van der Waals surface area contributed by atoms with Crippen LogP contribution in [0.3, 0.4) is 0 Å². The van der Waals surface area contributed by atoms with Crippen LogP contribution in [0.1, 0.15) is 32.8 Å². The smallest absolute Gasteiger partial charge is 0.262 e. The zero-order valence-electron chi connectivity index (χ0n) is 17.5. The van der Waals surface area contributed by atoms with Crippen LogP contribution in [0.2, 0.25) is 0 Å². The summed E-state index contributed by atoms with van der Waals surface area (Å²) >= 11 is 1.42. The van der Waals surface area contributed by atoms with Gasteiger partial charge in [-0.3, -0.25) is 9.48 Å². The molecule has 0 spiro atoms. The maximum absolute atomic E-state index is 13.2. The van der Waals surface area contributed by atoms with Crippen molar-refractivity contribution >= 4 is 27.5 Å². The van der Waals surface area contributed by atoms with Crippen LogP contribution in [0.15, 0.2) is 36.7 Å². The van der Waals surface area contributed by atoms with Crippen molar-refractivity contribution in [2.24, 2.45) is 14.1 Å². The third-order valence-corrected chi connectivity index (χ3v) is 6.22. The number of ether oxygens (including phenoxy) is 2. The molecule has 9 heteroatoms. The minimum atomic E-state index is -0.481. The fraction of sp³-hybridized carbons (Fsp3) is 0.286. The summed E-state index contributed by atoms with van der Waals surface area (Å²) in [6.07, 6.45) is 3.56. The number of nitrogens with one attached hydrogen (secondary N) is 1. The van der Waals surface area contributed by atoms with Crippen LogP contribution in [0.5, 0.6) is 11.5 Å². The van der Waals surface area contributed by atoms with Crippen molar-refractivity contribution in [3.8, 4) is 11.5 Å². The van der Waals surface area contributed by atoms with Gasteiger partial charge in [0.25, 0.3) is 5.91 Å². The van der Waals surface area contributed by atoms with Gasteiger partial charge < -0.3 is 19.4 Å². The molecule has 0 aliphatic carbocycles. The van der Waals surface area contributed by atoms with Crippen LogP contribution in [-0.2, 0) is 14.1 Å². The van der Waals surface area contributed by atoms with E-state index < -0.39 is 6.04 Å². The number of methoxy groups -OCH3 is 2. The number of rotatable bonds is 6. The van der Waals surface area contributed by atoms with E-state index in [0.29, 0.717) is 22.2 Å². The van der Waals surface area contributed by atoms with Crippen molar-refractivity contribution in [2.45, 2.75) is 13.0 Å². The number of nitrogens with zero attached hydrogens (tertiary/aromatic N) is 4. The highest BCUT2D eigenvalue weighted by Crippen LogP contribution is 2.31. The first-order chi connectivity index (χ1) is 14.4. The summed E-state index contributed by atoms with van der Waals surface area (Å²) < 4.78 is 14.5. The van der Waals surface area contributed by atoms with Crippen molar-refractivity contribution in [3.05, 3.63) is 58.6 Å². The van der Waals surface area contributed by atoms with E-state index in [2.05, 4.69) is 15.4 Å². The Morgan fingerprint density at radius 3 is 2.40 bits per heavy atom. The van der Waals surface area contributed by atoms with E-state index in [1.807, 2.05) is 50.0 Å². The van der Waals surface area contributed by atoms with Gasteiger partial charge in [-0.2, -0.15) is 5.10 Å². The minimum absolute atomic E-state index is 0.176. The lowest BCUT2D eigenvalue weighted by atomic mass is 10.0. The maximum atomic E-state index is 13.2. The van der Waals surface area contributed by atoms with Gasteiger partial charge in [0.2, 0.25) is 0 Å². The molecule has 156 valence electrons. The van der Waals surface area contributed by atoms with E-state index in [1.165, 1.54) is 11.3 Å². The van der Waals surface area contributed by atoms with Crippen LogP contribution in [0.4, 0.5) is 0 Å². The summed E-state index contributed by atoms with van der Waals surface area (Å²) in [4.78, 5) is 19.3. The monoisotopic (exact) mass is 425 g/mol. The fourth-order valence-electron chi connectivity index (χ4n) is 3.47. The second-order valence-corrected chi connectivity index (χ2v) is 8.02. The summed E-state index contributed by atoms with van der Waals surface area (Å²) in [6.45, 7) is 1.94. The lowest BCUT2D eigenvalue weighted by molar-refractivity contribution is 0.0945. The molecular formula is C21H23N5O3S. The lowest BCUT2D eigenvalue weighted by Crippen LogP contribution is -2.30. The molecule has 3 aromatic heterocycles. The SMILES string of the molecule is COc1cc(OC)cc(C(NC(=O)c2cc3c(C)nn(C)c3s2)c2nccn2C)c1. The number of hydrogen-bond acceptors (Lipinski definition) is 6. The number of carbonyl (C=O) groups is 1. The number of hydrogen-bond donors (Lipinski definition) is 1. The van der Waals surface area contributed by atoms with Crippen LogP contribution >= 0.6 is 11.3 Å². The molecule has 1 aromatic carbocycles. The van der Waals surface area contributed by atoms with Gasteiger partial charge in [-0.15, -0.1) is 11.3 Å². The second-order valence-electron chi connectivity index (χ2n) is 6.99. The average Bonchev–Trinajstić information content (AvgIpc) is 3.43. The lowest BCUT2D eigenvalue weighted by Gasteiger charge is -2.20. The van der Waals surface area contributed by atoms with Crippen molar-refractivity contribution in [3.63, 3.8) is 0 Å². The van der Waals surface area contributed by atoms with E-state index in [4.69, 9.17) is 9.47 Å². The molecule has 0 aliphatic rings. The van der Waals surface area contributed by atoms with E-state index in [0.717, 1.165) is 21.5 Å². The highest BCUT2D eigenvalue weighted by Gasteiger charge is 2.24. The van der Waals surface area contributed by atoms with Crippen molar-refractivity contribution in [2.75, 3.05) is 14.2 Å². The summed E-state index contributed by atoms with van der Waals surface area (Å²) in [5.74, 6) is 1.81. The van der Waals surface area contributed by atoms with Gasteiger partial charge >= 0.3 is 0 Å². The topological polar surface area (TPSA) is 83.2 Å². The maximum Gasteiger partial charge on any atom is 0.262 e. The van der Waals surface area contributed by atoms with Gasteiger partial charge in [0.05, 0.1) is 24.8 Å². The quantitative estimate of drug-likeness (QED) is 0.513. The first kappa shape index (κ1) is 20.0. The van der Waals surface area contributed by atoms with Crippen LogP contribution in [0, 0.1) is 6.92 Å². The first-order valence-corrected chi connectivity index (χ1v) is 10.2. The Kier molecular flexibility index (Phi) is 5.21. The number of aromatic nitrogens is 4. The molecule has 4 rings (SSSR count). The molecule has 1 N–H and O–H groups in total. The predicted molar refractivity (Wildman–Crippen MR) is 115 cm³/mol.